The fourth-order valence-corrected chi connectivity index (χ4v) is 3.29. The van der Waals surface area contributed by atoms with Crippen LogP contribution in [0, 0.1) is 0 Å². The van der Waals surface area contributed by atoms with E-state index in [1.807, 2.05) is 24.3 Å². The average molecular weight is 295 g/mol. The quantitative estimate of drug-likeness (QED) is 0.782. The zero-order valence-corrected chi connectivity index (χ0v) is 12.6. The van der Waals surface area contributed by atoms with Crippen molar-refractivity contribution in [1.82, 2.24) is 9.97 Å². The molecule has 1 aromatic carbocycles. The van der Waals surface area contributed by atoms with Crippen molar-refractivity contribution in [3.05, 3.63) is 41.3 Å². The molecule has 0 aliphatic heterocycles. The zero-order valence-electron chi connectivity index (χ0n) is 11.1. The number of hydrogen-bond acceptors (Lipinski definition) is 4. The molecule has 100 valence electrons. The predicted molar refractivity (Wildman–Crippen MR) is 78.2 cm³/mol. The predicted octanol–water partition coefficient (Wildman–Crippen LogP) is 4.41. The molecule has 0 N–H and O–H groups in total. The van der Waals surface area contributed by atoms with Gasteiger partial charge in [-0.3, -0.25) is 0 Å². The molecule has 0 saturated carbocycles. The fourth-order valence-electron chi connectivity index (χ4n) is 1.73. The molecular weight excluding hydrogens is 280 g/mol. The van der Waals surface area contributed by atoms with Crippen LogP contribution in [0.15, 0.2) is 40.5 Å². The van der Waals surface area contributed by atoms with Gasteiger partial charge in [-0.25, -0.2) is 9.97 Å². The van der Waals surface area contributed by atoms with Crippen molar-refractivity contribution < 1.29 is 4.74 Å². The van der Waals surface area contributed by atoms with Crippen molar-refractivity contribution in [2.24, 2.45) is 0 Å². The van der Waals surface area contributed by atoms with Crippen LogP contribution in [-0.4, -0.2) is 17.1 Å². The summed E-state index contributed by atoms with van der Waals surface area (Å²) in [4.78, 5) is 9.41. The third kappa shape index (κ3) is 3.19. The Morgan fingerprint density at radius 3 is 2.63 bits per heavy atom. The van der Waals surface area contributed by atoms with Gasteiger partial charge in [0.25, 0.3) is 0 Å². The van der Waals surface area contributed by atoms with Crippen molar-refractivity contribution in [1.29, 1.82) is 0 Å². The fraction of sp³-hybridized carbons (Fsp3) is 0.286. The van der Waals surface area contributed by atoms with Crippen molar-refractivity contribution in [2.75, 3.05) is 7.11 Å². The van der Waals surface area contributed by atoms with E-state index in [1.54, 1.807) is 18.9 Å². The van der Waals surface area contributed by atoms with Crippen molar-refractivity contribution in [3.8, 4) is 5.75 Å². The third-order valence-corrected chi connectivity index (χ3v) is 4.03. The van der Waals surface area contributed by atoms with Crippen LogP contribution in [0.4, 0.5) is 0 Å². The van der Waals surface area contributed by atoms with Gasteiger partial charge in [-0.2, -0.15) is 0 Å². The van der Waals surface area contributed by atoms with Gasteiger partial charge in [-0.05, 0) is 18.1 Å². The summed E-state index contributed by atoms with van der Waals surface area (Å²) in [6, 6.07) is 7.85. The average Bonchev–Trinajstić information content (AvgIpc) is 2.39. The Hall–Kier alpha value is -1.26. The summed E-state index contributed by atoms with van der Waals surface area (Å²) < 4.78 is 5.35. The second-order valence-electron chi connectivity index (χ2n) is 4.29. The Labute approximate surface area is 122 Å². The number of methoxy groups -OCH3 is 1. The van der Waals surface area contributed by atoms with E-state index in [0.29, 0.717) is 5.15 Å². The van der Waals surface area contributed by atoms with Crippen LogP contribution in [0.1, 0.15) is 25.3 Å². The number of benzene rings is 1. The lowest BCUT2D eigenvalue weighted by molar-refractivity contribution is 0.405. The lowest BCUT2D eigenvalue weighted by atomic mass is 10.1. The highest BCUT2D eigenvalue weighted by Crippen LogP contribution is 2.38. The van der Waals surface area contributed by atoms with Gasteiger partial charge in [0, 0.05) is 5.56 Å². The van der Waals surface area contributed by atoms with E-state index >= 15 is 0 Å². The Bertz CT molecular complexity index is 575. The molecule has 0 amide bonds. The van der Waals surface area contributed by atoms with Crippen molar-refractivity contribution in [3.63, 3.8) is 0 Å². The Morgan fingerprint density at radius 1 is 1.21 bits per heavy atom. The van der Waals surface area contributed by atoms with Gasteiger partial charge in [0.1, 0.15) is 22.3 Å². The van der Waals surface area contributed by atoms with Crippen LogP contribution in [0.5, 0.6) is 5.75 Å². The largest absolute Gasteiger partial charge is 0.496 e. The Balaban J connectivity index is 2.41. The van der Waals surface area contributed by atoms with E-state index < -0.39 is 0 Å². The molecule has 1 aromatic heterocycles. The van der Waals surface area contributed by atoms with E-state index in [4.69, 9.17) is 16.3 Å². The highest BCUT2D eigenvalue weighted by atomic mass is 35.5. The summed E-state index contributed by atoms with van der Waals surface area (Å²) in [5.41, 5.74) is 0.972. The van der Waals surface area contributed by atoms with Crippen LogP contribution in [0.2, 0.25) is 5.15 Å². The lowest BCUT2D eigenvalue weighted by Crippen LogP contribution is -1.98. The number of hydrogen-bond donors (Lipinski definition) is 0. The third-order valence-electron chi connectivity index (χ3n) is 2.65. The van der Waals surface area contributed by atoms with Crippen LogP contribution in [0.25, 0.3) is 0 Å². The van der Waals surface area contributed by atoms with E-state index in [2.05, 4.69) is 23.8 Å². The minimum Gasteiger partial charge on any atom is -0.496 e. The van der Waals surface area contributed by atoms with Gasteiger partial charge in [0.05, 0.1) is 12.0 Å². The van der Waals surface area contributed by atoms with Gasteiger partial charge >= 0.3 is 0 Å². The molecular formula is C14H15ClN2OS. The SMILES string of the molecule is COc1ccccc1Sc1ncnc(Cl)c1C(C)C. The number of halogens is 1. The number of rotatable bonds is 4. The zero-order chi connectivity index (χ0) is 13.8. The molecule has 0 radical (unpaired) electrons. The molecule has 0 bridgehead atoms. The molecule has 0 fully saturated rings. The first-order valence-corrected chi connectivity index (χ1v) is 7.14. The second-order valence-corrected chi connectivity index (χ2v) is 5.68. The second kappa shape index (κ2) is 6.26. The van der Waals surface area contributed by atoms with Gasteiger partial charge < -0.3 is 4.74 Å². The molecule has 0 aliphatic rings. The number of para-hydroxylation sites is 1. The summed E-state index contributed by atoms with van der Waals surface area (Å²) >= 11 is 7.72. The van der Waals surface area contributed by atoms with Crippen LogP contribution in [0.3, 0.4) is 0 Å². The lowest BCUT2D eigenvalue weighted by Gasteiger charge is -2.13. The molecule has 2 aromatic rings. The first-order valence-electron chi connectivity index (χ1n) is 5.94. The van der Waals surface area contributed by atoms with Gasteiger partial charge in [-0.1, -0.05) is 49.3 Å². The molecule has 5 heteroatoms. The van der Waals surface area contributed by atoms with Gasteiger partial charge in [-0.15, -0.1) is 0 Å². The normalized spacial score (nSPS) is 10.8. The molecule has 0 spiro atoms. The van der Waals surface area contributed by atoms with E-state index in [0.717, 1.165) is 21.2 Å². The maximum absolute atomic E-state index is 6.17. The molecule has 19 heavy (non-hydrogen) atoms. The highest BCUT2D eigenvalue weighted by Gasteiger charge is 2.16. The maximum Gasteiger partial charge on any atom is 0.137 e. The van der Waals surface area contributed by atoms with Crippen molar-refractivity contribution >= 4 is 23.4 Å². The van der Waals surface area contributed by atoms with Crippen molar-refractivity contribution in [2.45, 2.75) is 29.7 Å². The minimum atomic E-state index is 0.269. The molecule has 1 heterocycles. The Morgan fingerprint density at radius 2 is 1.95 bits per heavy atom. The summed E-state index contributed by atoms with van der Waals surface area (Å²) in [5, 5.41) is 1.39. The molecule has 0 aliphatic carbocycles. The number of nitrogens with zero attached hydrogens (tertiary/aromatic N) is 2. The first-order chi connectivity index (χ1) is 9.13. The van der Waals surface area contributed by atoms with Crippen LogP contribution < -0.4 is 4.74 Å². The van der Waals surface area contributed by atoms with Crippen LogP contribution in [-0.2, 0) is 0 Å². The standard InChI is InChI=1S/C14H15ClN2OS/c1-9(2)12-13(15)16-8-17-14(12)19-11-7-5-4-6-10(11)18-3/h4-9H,1-3H3. The van der Waals surface area contributed by atoms with E-state index in [9.17, 15) is 0 Å². The summed E-state index contributed by atoms with van der Waals surface area (Å²) in [6.45, 7) is 4.16. The minimum absolute atomic E-state index is 0.269. The smallest absolute Gasteiger partial charge is 0.137 e. The highest BCUT2D eigenvalue weighted by molar-refractivity contribution is 7.99. The molecule has 0 saturated heterocycles. The maximum atomic E-state index is 6.17. The molecule has 0 atom stereocenters. The van der Waals surface area contributed by atoms with Gasteiger partial charge in [0.15, 0.2) is 0 Å². The van der Waals surface area contributed by atoms with E-state index in [-0.39, 0.29) is 5.92 Å². The molecule has 3 nitrogen and oxygen atoms in total. The summed E-state index contributed by atoms with van der Waals surface area (Å²) in [6.07, 6.45) is 1.49. The summed E-state index contributed by atoms with van der Waals surface area (Å²) in [5.74, 6) is 1.10. The van der Waals surface area contributed by atoms with Crippen LogP contribution >= 0.6 is 23.4 Å². The van der Waals surface area contributed by atoms with E-state index in [1.165, 1.54) is 6.33 Å². The monoisotopic (exact) mass is 294 g/mol. The van der Waals surface area contributed by atoms with Gasteiger partial charge in [0.2, 0.25) is 0 Å². The Kier molecular flexibility index (Phi) is 4.66. The molecule has 2 rings (SSSR count). The number of ether oxygens (including phenoxy) is 1. The topological polar surface area (TPSA) is 35.0 Å². The molecule has 0 unspecified atom stereocenters. The first kappa shape index (κ1) is 14.2. The number of aromatic nitrogens is 2. The summed E-state index contributed by atoms with van der Waals surface area (Å²) in [7, 11) is 1.66.